The number of urea groups is 1. The highest BCUT2D eigenvalue weighted by Crippen LogP contribution is 2.30. The molecule has 0 spiro atoms. The number of halogens is 3. The zero-order chi connectivity index (χ0) is 29.8. The van der Waals surface area contributed by atoms with Gasteiger partial charge in [0.05, 0.1) is 18.6 Å². The number of amides is 2. The fraction of sp³-hybridized carbons (Fsp3) is 0.524. The fourth-order valence-corrected chi connectivity index (χ4v) is 4.74. The van der Waals surface area contributed by atoms with Crippen molar-refractivity contribution in [3.63, 3.8) is 0 Å². The van der Waals surface area contributed by atoms with Crippen LogP contribution in [0.3, 0.4) is 0 Å². The lowest BCUT2D eigenvalue weighted by molar-refractivity contribution is -0.277. The number of aliphatic hydroxyl groups excluding tert-OH is 4. The van der Waals surface area contributed by atoms with Crippen LogP contribution in [-0.2, 0) is 21.2 Å². The number of anilines is 1. The molecule has 6 N–H and O–H groups in total. The number of nitrogens with one attached hydrogen (secondary N) is 2. The number of aromatic nitrogens is 3. The number of aryl methyl sites for hydroxylation is 2. The molecule has 1 aromatic carbocycles. The van der Waals surface area contributed by atoms with Gasteiger partial charge in [-0.2, -0.15) is 28.1 Å². The van der Waals surface area contributed by atoms with Crippen LogP contribution in [0.4, 0.5) is 23.9 Å². The first-order chi connectivity index (χ1) is 18.6. The van der Waals surface area contributed by atoms with Crippen LogP contribution < -0.4 is 19.5 Å². The Kier molecular flexibility index (Phi) is 9.69. The summed E-state index contributed by atoms with van der Waals surface area (Å²) in [7, 11) is -3.62. The molecular weight excluding hydrogens is 571 g/mol. The molecule has 1 fully saturated rings. The van der Waals surface area contributed by atoms with Gasteiger partial charge in [-0.3, -0.25) is 5.32 Å². The Balaban J connectivity index is 1.89. The van der Waals surface area contributed by atoms with Crippen molar-refractivity contribution in [3.8, 4) is 11.8 Å². The fourth-order valence-electron chi connectivity index (χ4n) is 3.55. The van der Waals surface area contributed by atoms with Crippen LogP contribution in [0.25, 0.3) is 0 Å². The Morgan fingerprint density at radius 1 is 1.12 bits per heavy atom. The maximum Gasteiger partial charge on any atom is 0.389 e. The number of carbonyl (C=O) groups excluding carboxylic acids is 1. The van der Waals surface area contributed by atoms with E-state index in [1.807, 2.05) is 0 Å². The highest BCUT2D eigenvalue weighted by atomic mass is 32.2. The number of hydrogen-bond donors (Lipinski definition) is 6. The van der Waals surface area contributed by atoms with Gasteiger partial charge in [0, 0.05) is 12.5 Å². The lowest BCUT2D eigenvalue weighted by atomic mass is 9.99. The summed E-state index contributed by atoms with van der Waals surface area (Å²) < 4.78 is 81.9. The van der Waals surface area contributed by atoms with Crippen LogP contribution in [0.15, 0.2) is 23.1 Å². The molecule has 3 rings (SSSR count). The number of sulfonamides is 1. The molecule has 5 atom stereocenters. The van der Waals surface area contributed by atoms with Crippen molar-refractivity contribution < 1.29 is 61.0 Å². The molecule has 0 saturated carbocycles. The first kappa shape index (κ1) is 31.2. The molecule has 19 heteroatoms. The van der Waals surface area contributed by atoms with Crippen LogP contribution in [0, 0.1) is 6.92 Å². The van der Waals surface area contributed by atoms with E-state index in [1.54, 1.807) is 4.72 Å². The Bertz CT molecular complexity index is 1310. The van der Waals surface area contributed by atoms with Crippen LogP contribution in [-0.4, -0.2) is 100 Å². The number of hydrogen-bond acceptors (Lipinski definition) is 13. The Morgan fingerprint density at radius 2 is 1.82 bits per heavy atom. The first-order valence-electron chi connectivity index (χ1n) is 11.4. The second-order valence-electron chi connectivity index (χ2n) is 8.45. The molecule has 1 saturated heterocycles. The van der Waals surface area contributed by atoms with Crippen molar-refractivity contribution in [1.29, 1.82) is 0 Å². The molecule has 0 radical (unpaired) electrons. The van der Waals surface area contributed by atoms with Gasteiger partial charge in [0.1, 0.15) is 36.0 Å². The molecule has 2 amide bonds. The monoisotopic (exact) mass is 597 g/mol. The van der Waals surface area contributed by atoms with Crippen molar-refractivity contribution in [2.75, 3.05) is 19.0 Å². The highest BCUT2D eigenvalue weighted by molar-refractivity contribution is 7.90. The van der Waals surface area contributed by atoms with Gasteiger partial charge in [0.25, 0.3) is 10.0 Å². The van der Waals surface area contributed by atoms with E-state index in [0.717, 1.165) is 18.2 Å². The third kappa shape index (κ3) is 7.86. The molecule has 1 aliphatic heterocycles. The number of benzene rings is 1. The first-order valence-corrected chi connectivity index (χ1v) is 12.9. The van der Waals surface area contributed by atoms with Gasteiger partial charge >= 0.3 is 18.2 Å². The summed E-state index contributed by atoms with van der Waals surface area (Å²) in [5.74, 6) is -0.620. The number of aliphatic hydroxyl groups is 4. The molecule has 2 aromatic rings. The van der Waals surface area contributed by atoms with Gasteiger partial charge in [-0.25, -0.2) is 17.9 Å². The van der Waals surface area contributed by atoms with Crippen LogP contribution in [0.5, 0.6) is 11.8 Å². The van der Waals surface area contributed by atoms with E-state index in [9.17, 15) is 46.8 Å². The molecule has 15 nitrogen and oxygen atoms in total. The average molecular weight is 598 g/mol. The predicted octanol–water partition coefficient (Wildman–Crippen LogP) is -0.627. The number of rotatable bonds is 9. The minimum Gasteiger partial charge on any atom is -0.467 e. The summed E-state index contributed by atoms with van der Waals surface area (Å²) in [6.45, 7) is 0.671. The topological polar surface area (TPSA) is 223 Å². The van der Waals surface area contributed by atoms with Crippen molar-refractivity contribution >= 4 is 22.0 Å². The maximum absolute atomic E-state index is 13.1. The Morgan fingerprint density at radius 3 is 2.45 bits per heavy atom. The van der Waals surface area contributed by atoms with Gasteiger partial charge in [0.2, 0.25) is 12.2 Å². The molecular formula is C21H26F3N5O10S. The molecule has 2 heterocycles. The van der Waals surface area contributed by atoms with E-state index in [0.29, 0.717) is 0 Å². The van der Waals surface area contributed by atoms with Crippen LogP contribution >= 0.6 is 0 Å². The third-order valence-corrected chi connectivity index (χ3v) is 6.88. The van der Waals surface area contributed by atoms with E-state index in [-0.39, 0.29) is 29.1 Å². The molecule has 0 aliphatic carbocycles. The average Bonchev–Trinajstić information content (AvgIpc) is 2.86. The number of ether oxygens (including phenoxy) is 3. The van der Waals surface area contributed by atoms with E-state index in [1.165, 1.54) is 14.0 Å². The molecule has 222 valence electrons. The van der Waals surface area contributed by atoms with E-state index < -0.39 is 77.3 Å². The van der Waals surface area contributed by atoms with Crippen molar-refractivity contribution in [3.05, 3.63) is 29.6 Å². The highest BCUT2D eigenvalue weighted by Gasteiger charge is 2.44. The zero-order valence-electron chi connectivity index (χ0n) is 20.9. The maximum atomic E-state index is 13.1. The van der Waals surface area contributed by atoms with Crippen molar-refractivity contribution in [1.82, 2.24) is 19.7 Å². The quantitative estimate of drug-likeness (QED) is 0.212. The Hall–Kier alpha value is -3.36. The lowest BCUT2D eigenvalue weighted by Crippen LogP contribution is -2.60. The van der Waals surface area contributed by atoms with Gasteiger partial charge in [-0.05, 0) is 25.0 Å². The van der Waals surface area contributed by atoms with E-state index >= 15 is 0 Å². The second kappa shape index (κ2) is 12.4. The van der Waals surface area contributed by atoms with Crippen LogP contribution in [0.2, 0.25) is 0 Å². The summed E-state index contributed by atoms with van der Waals surface area (Å²) >= 11 is 0. The number of carbonyl (C=O) groups is 1. The molecule has 1 aliphatic rings. The Labute approximate surface area is 225 Å². The van der Waals surface area contributed by atoms with Gasteiger partial charge in [-0.15, -0.1) is 0 Å². The number of methoxy groups -OCH3 is 1. The van der Waals surface area contributed by atoms with Gasteiger partial charge in [0.15, 0.2) is 0 Å². The lowest BCUT2D eigenvalue weighted by Gasteiger charge is -2.39. The number of alkyl halides is 3. The summed E-state index contributed by atoms with van der Waals surface area (Å²) in [4.78, 5) is 23.0. The predicted molar refractivity (Wildman–Crippen MR) is 126 cm³/mol. The third-order valence-electron chi connectivity index (χ3n) is 5.47. The van der Waals surface area contributed by atoms with E-state index in [4.69, 9.17) is 14.2 Å². The van der Waals surface area contributed by atoms with Crippen molar-refractivity contribution in [2.24, 2.45) is 0 Å². The van der Waals surface area contributed by atoms with Crippen molar-refractivity contribution in [2.45, 2.75) is 61.5 Å². The summed E-state index contributed by atoms with van der Waals surface area (Å²) in [5.41, 5.74) is -0.337. The smallest absolute Gasteiger partial charge is 0.389 e. The largest absolute Gasteiger partial charge is 0.467 e. The SMILES string of the molecule is COc1nc(C)nc(NC(=O)NS(=O)(=O)c2cc(O[C@@H]3O[C@H](CO)[C@@H](O)[C@H](O)[C@H]3O)ccc2CCC(F)(F)F)n1. The summed E-state index contributed by atoms with van der Waals surface area (Å²) in [6.07, 6.45) is -15.2. The molecule has 0 unspecified atom stereocenters. The number of nitrogens with zero attached hydrogens (tertiary/aromatic N) is 3. The molecule has 40 heavy (non-hydrogen) atoms. The normalized spacial score (nSPS) is 23.4. The van der Waals surface area contributed by atoms with E-state index in [2.05, 4.69) is 20.3 Å². The minimum atomic E-state index is -4.86. The molecule has 1 aromatic heterocycles. The van der Waals surface area contributed by atoms with Crippen LogP contribution in [0.1, 0.15) is 17.8 Å². The zero-order valence-corrected chi connectivity index (χ0v) is 21.7. The summed E-state index contributed by atoms with van der Waals surface area (Å²) in [5, 5.41) is 41.4. The minimum absolute atomic E-state index is 0.123. The standard InChI is InChI=1S/C21H26F3N5O10S/c1-9-25-18(28-20(26-9)37-2)27-19(34)29-40(35,36)13-7-11(4-3-10(13)5-6-21(22,23)24)38-17-16(33)15(32)14(31)12(8-30)39-17/h3-4,7,12,14-17,30-33H,5-6,8H2,1-2H3,(H2,25,26,27,28,29,34)/t12-,14-,15+,16-,17-/m1/s1. The van der Waals surface area contributed by atoms with Gasteiger partial charge in [-0.1, -0.05) is 6.07 Å². The second-order valence-corrected chi connectivity index (χ2v) is 10.1. The van der Waals surface area contributed by atoms with Gasteiger partial charge < -0.3 is 34.6 Å². The summed E-state index contributed by atoms with van der Waals surface area (Å²) in [6, 6.07) is 1.30. The molecule has 0 bridgehead atoms.